The second kappa shape index (κ2) is 5.72. The number of benzene rings is 2. The van der Waals surface area contributed by atoms with Gasteiger partial charge in [-0.05, 0) is 77.6 Å². The smallest absolute Gasteiger partial charge is 0.130 e. The van der Waals surface area contributed by atoms with Gasteiger partial charge in [0.2, 0.25) is 0 Å². The predicted molar refractivity (Wildman–Crippen MR) is 98.2 cm³/mol. The van der Waals surface area contributed by atoms with E-state index >= 15 is 0 Å². The molecule has 2 nitrogen and oxygen atoms in total. The number of fused-ring (bicyclic) bond motifs is 1. The van der Waals surface area contributed by atoms with Gasteiger partial charge in [-0.2, -0.15) is 0 Å². The van der Waals surface area contributed by atoms with E-state index in [1.165, 1.54) is 33.4 Å². The largest absolute Gasteiger partial charge is 0.497 e. The summed E-state index contributed by atoms with van der Waals surface area (Å²) in [7, 11) is 1.71. The van der Waals surface area contributed by atoms with E-state index in [1.54, 1.807) is 7.11 Å². The van der Waals surface area contributed by atoms with Gasteiger partial charge < -0.3 is 9.15 Å². The molecule has 0 amide bonds. The van der Waals surface area contributed by atoms with Crippen LogP contribution in [0.15, 0.2) is 52.9 Å². The first kappa shape index (κ1) is 14.8. The molecule has 1 aromatic heterocycles. The zero-order valence-electron chi connectivity index (χ0n) is 14.2. The summed E-state index contributed by atoms with van der Waals surface area (Å²) in [5, 5.41) is 0. The molecule has 0 saturated heterocycles. The van der Waals surface area contributed by atoms with Crippen molar-refractivity contribution in [2.45, 2.75) is 20.3 Å². The molecule has 2 heteroatoms. The lowest BCUT2D eigenvalue weighted by Gasteiger charge is -2.12. The zero-order valence-corrected chi connectivity index (χ0v) is 14.2. The van der Waals surface area contributed by atoms with Gasteiger partial charge in [-0.15, -0.1) is 0 Å². The molecule has 1 aliphatic carbocycles. The minimum Gasteiger partial charge on any atom is -0.497 e. The van der Waals surface area contributed by atoms with Gasteiger partial charge in [-0.1, -0.05) is 24.3 Å². The SMILES string of the molecule is COc1cccc(-c2c(C)ccc3c2C=C(c2ccc(C)o2)C3)c1. The van der Waals surface area contributed by atoms with Crippen LogP contribution in [0.5, 0.6) is 5.75 Å². The van der Waals surface area contributed by atoms with Crippen molar-refractivity contribution in [3.8, 4) is 16.9 Å². The van der Waals surface area contributed by atoms with Crippen molar-refractivity contribution >= 4 is 11.6 Å². The minimum absolute atomic E-state index is 0.883. The number of methoxy groups -OCH3 is 1. The van der Waals surface area contributed by atoms with E-state index in [2.05, 4.69) is 43.3 Å². The van der Waals surface area contributed by atoms with Crippen molar-refractivity contribution in [1.82, 2.24) is 0 Å². The molecular weight excluding hydrogens is 296 g/mol. The fourth-order valence-corrected chi connectivity index (χ4v) is 3.45. The van der Waals surface area contributed by atoms with E-state index in [9.17, 15) is 0 Å². The average Bonchev–Trinajstić information content (AvgIpc) is 3.20. The lowest BCUT2D eigenvalue weighted by Crippen LogP contribution is -1.92. The van der Waals surface area contributed by atoms with Gasteiger partial charge in [0.25, 0.3) is 0 Å². The summed E-state index contributed by atoms with van der Waals surface area (Å²) in [5.41, 5.74) is 7.64. The monoisotopic (exact) mass is 316 g/mol. The normalized spacial score (nSPS) is 12.9. The molecule has 0 radical (unpaired) electrons. The van der Waals surface area contributed by atoms with Crippen LogP contribution in [0.2, 0.25) is 0 Å². The Hall–Kier alpha value is -2.74. The molecule has 0 spiro atoms. The number of hydrogen-bond donors (Lipinski definition) is 0. The molecule has 0 N–H and O–H groups in total. The molecule has 4 rings (SSSR count). The van der Waals surface area contributed by atoms with Crippen molar-refractivity contribution in [2.75, 3.05) is 7.11 Å². The van der Waals surface area contributed by atoms with Gasteiger partial charge in [0, 0.05) is 6.42 Å². The molecule has 2 aromatic carbocycles. The summed E-state index contributed by atoms with van der Waals surface area (Å²) in [6, 6.07) is 16.8. The number of hydrogen-bond acceptors (Lipinski definition) is 2. The van der Waals surface area contributed by atoms with Gasteiger partial charge in [0.1, 0.15) is 17.3 Å². The molecule has 1 heterocycles. The van der Waals surface area contributed by atoms with Crippen molar-refractivity contribution in [1.29, 1.82) is 0 Å². The molecule has 0 unspecified atom stereocenters. The number of aryl methyl sites for hydroxylation is 2. The molecular formula is C22H20O2. The average molecular weight is 316 g/mol. The standard InChI is InChI=1S/C22H20O2/c1-14-7-9-16-11-18(21-10-8-15(2)24-21)13-20(16)22(14)17-5-4-6-19(12-17)23-3/h4-10,12-13H,11H2,1-3H3. The second-order valence-corrected chi connectivity index (χ2v) is 6.32. The summed E-state index contributed by atoms with van der Waals surface area (Å²) in [5.74, 6) is 2.80. The summed E-state index contributed by atoms with van der Waals surface area (Å²) in [6.45, 7) is 4.15. The summed E-state index contributed by atoms with van der Waals surface area (Å²) in [6.07, 6.45) is 3.19. The fraction of sp³-hybridized carbons (Fsp3) is 0.182. The van der Waals surface area contributed by atoms with E-state index in [0.29, 0.717) is 0 Å². The first-order chi connectivity index (χ1) is 11.7. The molecule has 0 bridgehead atoms. The predicted octanol–water partition coefficient (Wildman–Crippen LogP) is 5.67. The molecule has 0 saturated carbocycles. The third-order valence-corrected chi connectivity index (χ3v) is 4.66. The Labute approximate surface area is 142 Å². The van der Waals surface area contributed by atoms with Gasteiger partial charge in [0.05, 0.1) is 7.11 Å². The molecule has 3 aromatic rings. The third-order valence-electron chi connectivity index (χ3n) is 4.66. The minimum atomic E-state index is 0.883. The van der Waals surface area contributed by atoms with Crippen molar-refractivity contribution in [3.63, 3.8) is 0 Å². The van der Waals surface area contributed by atoms with E-state index in [4.69, 9.17) is 9.15 Å². The maximum Gasteiger partial charge on any atom is 0.130 e. The lowest BCUT2D eigenvalue weighted by atomic mass is 9.93. The van der Waals surface area contributed by atoms with E-state index in [1.807, 2.05) is 25.1 Å². The van der Waals surface area contributed by atoms with Gasteiger partial charge in [-0.25, -0.2) is 0 Å². The third kappa shape index (κ3) is 2.44. The summed E-state index contributed by atoms with van der Waals surface area (Å²) >= 11 is 0. The van der Waals surface area contributed by atoms with Gasteiger partial charge >= 0.3 is 0 Å². The quantitative estimate of drug-likeness (QED) is 0.621. The van der Waals surface area contributed by atoms with Crippen LogP contribution in [0.3, 0.4) is 0 Å². The Balaban J connectivity index is 1.86. The maximum absolute atomic E-state index is 5.82. The van der Waals surface area contributed by atoms with Crippen molar-refractivity contribution < 1.29 is 9.15 Å². The highest BCUT2D eigenvalue weighted by Gasteiger charge is 2.21. The number of ether oxygens (including phenoxy) is 1. The van der Waals surface area contributed by atoms with Crippen LogP contribution in [-0.4, -0.2) is 7.11 Å². The van der Waals surface area contributed by atoms with Crippen LogP contribution in [0.25, 0.3) is 22.8 Å². The highest BCUT2D eigenvalue weighted by Crippen LogP contribution is 2.40. The van der Waals surface area contributed by atoms with E-state index < -0.39 is 0 Å². The van der Waals surface area contributed by atoms with Crippen LogP contribution < -0.4 is 4.74 Å². The lowest BCUT2D eigenvalue weighted by molar-refractivity contribution is 0.415. The first-order valence-corrected chi connectivity index (χ1v) is 8.20. The molecule has 0 aliphatic heterocycles. The van der Waals surface area contributed by atoms with E-state index in [0.717, 1.165) is 23.7 Å². The van der Waals surface area contributed by atoms with Gasteiger partial charge in [0.15, 0.2) is 0 Å². The Bertz CT molecular complexity index is 944. The van der Waals surface area contributed by atoms with Crippen LogP contribution in [0.1, 0.15) is 28.2 Å². The summed E-state index contributed by atoms with van der Waals surface area (Å²) in [4.78, 5) is 0. The van der Waals surface area contributed by atoms with Crippen LogP contribution >= 0.6 is 0 Å². The Morgan fingerprint density at radius 1 is 1.00 bits per heavy atom. The first-order valence-electron chi connectivity index (χ1n) is 8.20. The highest BCUT2D eigenvalue weighted by molar-refractivity contribution is 5.94. The molecule has 0 atom stereocenters. The Morgan fingerprint density at radius 3 is 2.62 bits per heavy atom. The fourth-order valence-electron chi connectivity index (χ4n) is 3.45. The van der Waals surface area contributed by atoms with Crippen LogP contribution in [0, 0.1) is 13.8 Å². The van der Waals surface area contributed by atoms with Crippen molar-refractivity contribution in [2.24, 2.45) is 0 Å². The Morgan fingerprint density at radius 2 is 1.88 bits per heavy atom. The van der Waals surface area contributed by atoms with E-state index in [-0.39, 0.29) is 0 Å². The zero-order chi connectivity index (χ0) is 16.7. The topological polar surface area (TPSA) is 22.4 Å². The van der Waals surface area contributed by atoms with Crippen LogP contribution in [-0.2, 0) is 6.42 Å². The maximum atomic E-state index is 5.82. The highest BCUT2D eigenvalue weighted by atomic mass is 16.5. The second-order valence-electron chi connectivity index (χ2n) is 6.32. The molecule has 120 valence electrons. The number of allylic oxidation sites excluding steroid dienone is 1. The summed E-state index contributed by atoms with van der Waals surface area (Å²) < 4.78 is 11.2. The van der Waals surface area contributed by atoms with Gasteiger partial charge in [-0.3, -0.25) is 0 Å². The number of rotatable bonds is 3. The number of furan rings is 1. The van der Waals surface area contributed by atoms with Crippen molar-refractivity contribution in [3.05, 3.63) is 76.7 Å². The van der Waals surface area contributed by atoms with Crippen LogP contribution in [0.4, 0.5) is 0 Å². The molecule has 0 fully saturated rings. The molecule has 24 heavy (non-hydrogen) atoms. The Kier molecular flexibility index (Phi) is 3.53. The molecule has 1 aliphatic rings.